The van der Waals surface area contributed by atoms with E-state index in [1.54, 1.807) is 30.3 Å². The second kappa shape index (κ2) is 8.91. The van der Waals surface area contributed by atoms with Crippen molar-refractivity contribution in [1.29, 1.82) is 0 Å². The van der Waals surface area contributed by atoms with Crippen LogP contribution in [0.3, 0.4) is 0 Å². The Bertz CT molecular complexity index is 1030. The standard InChI is InChI=1S/C21H19N3O6/c1-29-17-10-14(7-8-16(17)30-12-18(22)25)9-15-19(26)23-21(28)24(20(15)27)11-13-5-3-2-4-6-13/h2-10H,11-12H2,1H3,(H2,22,25)(H,23,26,28)/b15-9+. The third-order valence-corrected chi connectivity index (χ3v) is 4.24. The van der Waals surface area contributed by atoms with E-state index in [2.05, 4.69) is 5.32 Å². The zero-order valence-electron chi connectivity index (χ0n) is 16.1. The van der Waals surface area contributed by atoms with E-state index in [9.17, 15) is 19.2 Å². The number of ether oxygens (including phenoxy) is 2. The molecule has 0 aromatic heterocycles. The molecule has 30 heavy (non-hydrogen) atoms. The minimum atomic E-state index is -0.790. The number of hydrogen-bond donors (Lipinski definition) is 2. The Kier molecular flexibility index (Phi) is 6.11. The maximum absolute atomic E-state index is 12.8. The van der Waals surface area contributed by atoms with E-state index in [0.717, 1.165) is 10.5 Å². The van der Waals surface area contributed by atoms with Gasteiger partial charge in [-0.2, -0.15) is 0 Å². The van der Waals surface area contributed by atoms with Gasteiger partial charge in [-0.1, -0.05) is 36.4 Å². The van der Waals surface area contributed by atoms with Gasteiger partial charge in [-0.3, -0.25) is 24.6 Å². The molecule has 0 unspecified atom stereocenters. The third kappa shape index (κ3) is 4.64. The van der Waals surface area contributed by atoms with Gasteiger partial charge < -0.3 is 15.2 Å². The minimum absolute atomic E-state index is 0.0271. The summed E-state index contributed by atoms with van der Waals surface area (Å²) in [6, 6.07) is 12.8. The van der Waals surface area contributed by atoms with E-state index in [0.29, 0.717) is 5.56 Å². The zero-order chi connectivity index (χ0) is 21.7. The molecular weight excluding hydrogens is 390 g/mol. The highest BCUT2D eigenvalue weighted by Crippen LogP contribution is 2.29. The molecule has 1 heterocycles. The normalized spacial score (nSPS) is 15.2. The van der Waals surface area contributed by atoms with Crippen LogP contribution in [-0.4, -0.2) is 42.4 Å². The van der Waals surface area contributed by atoms with Gasteiger partial charge in [0.05, 0.1) is 13.7 Å². The van der Waals surface area contributed by atoms with Gasteiger partial charge in [0.15, 0.2) is 18.1 Å². The van der Waals surface area contributed by atoms with E-state index in [1.165, 1.54) is 25.3 Å². The maximum atomic E-state index is 12.8. The average molecular weight is 409 g/mol. The molecule has 9 heteroatoms. The van der Waals surface area contributed by atoms with Gasteiger partial charge in [-0.05, 0) is 29.3 Å². The van der Waals surface area contributed by atoms with E-state index < -0.39 is 23.8 Å². The molecule has 0 spiro atoms. The smallest absolute Gasteiger partial charge is 0.331 e. The number of benzene rings is 2. The number of methoxy groups -OCH3 is 1. The SMILES string of the molecule is COc1cc(/C=C2\C(=O)NC(=O)N(Cc3ccccc3)C2=O)ccc1OCC(N)=O. The van der Waals surface area contributed by atoms with Crippen molar-refractivity contribution in [2.45, 2.75) is 6.54 Å². The van der Waals surface area contributed by atoms with Crippen molar-refractivity contribution in [2.24, 2.45) is 5.73 Å². The number of hydrogen-bond acceptors (Lipinski definition) is 6. The highest BCUT2D eigenvalue weighted by Gasteiger charge is 2.35. The molecule has 0 atom stereocenters. The lowest BCUT2D eigenvalue weighted by molar-refractivity contribution is -0.130. The van der Waals surface area contributed by atoms with E-state index in [1.807, 2.05) is 6.07 Å². The molecule has 3 N–H and O–H groups in total. The van der Waals surface area contributed by atoms with Crippen LogP contribution in [0.25, 0.3) is 6.08 Å². The predicted molar refractivity (Wildman–Crippen MR) is 106 cm³/mol. The van der Waals surface area contributed by atoms with Crippen LogP contribution in [-0.2, 0) is 20.9 Å². The number of barbiturate groups is 1. The second-order valence-corrected chi connectivity index (χ2v) is 6.36. The summed E-state index contributed by atoms with van der Waals surface area (Å²) in [6.07, 6.45) is 1.35. The van der Waals surface area contributed by atoms with Gasteiger partial charge in [0.25, 0.3) is 17.7 Å². The summed E-state index contributed by atoms with van der Waals surface area (Å²) in [7, 11) is 1.40. The Balaban J connectivity index is 1.87. The van der Waals surface area contributed by atoms with Crippen LogP contribution in [0, 0.1) is 0 Å². The Morgan fingerprint density at radius 1 is 1.10 bits per heavy atom. The Hall–Kier alpha value is -4.14. The van der Waals surface area contributed by atoms with Crippen molar-refractivity contribution in [1.82, 2.24) is 10.2 Å². The van der Waals surface area contributed by atoms with Gasteiger partial charge >= 0.3 is 6.03 Å². The first-order valence-corrected chi connectivity index (χ1v) is 8.91. The van der Waals surface area contributed by atoms with Crippen LogP contribution in [0.15, 0.2) is 54.1 Å². The molecule has 3 rings (SSSR count). The molecular formula is C21H19N3O6. The number of rotatable bonds is 7. The van der Waals surface area contributed by atoms with E-state index in [-0.39, 0.29) is 30.2 Å². The molecule has 5 amide bonds. The van der Waals surface area contributed by atoms with Crippen LogP contribution in [0.4, 0.5) is 4.79 Å². The highest BCUT2D eigenvalue weighted by molar-refractivity contribution is 6.30. The molecule has 1 aliphatic heterocycles. The van der Waals surface area contributed by atoms with Crippen LogP contribution < -0.4 is 20.5 Å². The monoisotopic (exact) mass is 409 g/mol. The fourth-order valence-corrected chi connectivity index (χ4v) is 2.81. The fourth-order valence-electron chi connectivity index (χ4n) is 2.81. The van der Waals surface area contributed by atoms with Gasteiger partial charge in [-0.15, -0.1) is 0 Å². The molecule has 2 aromatic carbocycles. The number of carbonyl (C=O) groups is 4. The van der Waals surface area contributed by atoms with Crippen LogP contribution in [0.1, 0.15) is 11.1 Å². The minimum Gasteiger partial charge on any atom is -0.493 e. The molecule has 154 valence electrons. The summed E-state index contributed by atoms with van der Waals surface area (Å²) in [5.74, 6) is -1.58. The molecule has 0 bridgehead atoms. The molecule has 0 saturated carbocycles. The summed E-state index contributed by atoms with van der Waals surface area (Å²) in [5, 5.41) is 2.17. The summed E-state index contributed by atoms with van der Waals surface area (Å²) in [5.41, 5.74) is 6.08. The van der Waals surface area contributed by atoms with E-state index in [4.69, 9.17) is 15.2 Å². The summed E-state index contributed by atoms with van der Waals surface area (Å²) in [6.45, 7) is -0.298. The first-order chi connectivity index (χ1) is 14.4. The molecule has 1 aliphatic rings. The Morgan fingerprint density at radius 2 is 1.83 bits per heavy atom. The topological polar surface area (TPSA) is 128 Å². The lowest BCUT2D eigenvalue weighted by Gasteiger charge is -2.26. The molecule has 2 aromatic rings. The Labute approximate surface area is 172 Å². The van der Waals surface area contributed by atoms with Crippen LogP contribution in [0.5, 0.6) is 11.5 Å². The first-order valence-electron chi connectivity index (χ1n) is 8.91. The van der Waals surface area contributed by atoms with Crippen molar-refractivity contribution in [2.75, 3.05) is 13.7 Å². The van der Waals surface area contributed by atoms with Crippen molar-refractivity contribution >= 4 is 29.8 Å². The Morgan fingerprint density at radius 3 is 2.50 bits per heavy atom. The lowest BCUT2D eigenvalue weighted by Crippen LogP contribution is -2.53. The van der Waals surface area contributed by atoms with Crippen molar-refractivity contribution in [3.8, 4) is 11.5 Å². The molecule has 0 radical (unpaired) electrons. The molecule has 1 saturated heterocycles. The summed E-state index contributed by atoms with van der Waals surface area (Å²) < 4.78 is 10.5. The van der Waals surface area contributed by atoms with Gasteiger partial charge in [0.2, 0.25) is 0 Å². The quantitative estimate of drug-likeness (QED) is 0.523. The molecule has 0 aliphatic carbocycles. The number of carbonyl (C=O) groups excluding carboxylic acids is 4. The number of amides is 5. The average Bonchev–Trinajstić information content (AvgIpc) is 2.73. The number of urea groups is 1. The van der Waals surface area contributed by atoms with Crippen LogP contribution >= 0.6 is 0 Å². The van der Waals surface area contributed by atoms with Gasteiger partial charge in [-0.25, -0.2) is 4.79 Å². The number of nitrogens with one attached hydrogen (secondary N) is 1. The van der Waals surface area contributed by atoms with Crippen molar-refractivity contribution < 1.29 is 28.7 Å². The lowest BCUT2D eigenvalue weighted by atomic mass is 10.1. The number of primary amides is 1. The first kappa shape index (κ1) is 20.6. The summed E-state index contributed by atoms with van der Waals surface area (Å²) >= 11 is 0. The van der Waals surface area contributed by atoms with Gasteiger partial charge in [0.1, 0.15) is 5.57 Å². The number of imide groups is 2. The second-order valence-electron chi connectivity index (χ2n) is 6.36. The number of nitrogens with two attached hydrogens (primary N) is 1. The fraction of sp³-hybridized carbons (Fsp3) is 0.143. The van der Waals surface area contributed by atoms with Crippen molar-refractivity contribution in [3.05, 3.63) is 65.2 Å². The predicted octanol–water partition coefficient (Wildman–Crippen LogP) is 1.22. The molecule has 1 fully saturated rings. The van der Waals surface area contributed by atoms with Crippen LogP contribution in [0.2, 0.25) is 0 Å². The maximum Gasteiger partial charge on any atom is 0.331 e. The van der Waals surface area contributed by atoms with Gasteiger partial charge in [0, 0.05) is 0 Å². The highest BCUT2D eigenvalue weighted by atomic mass is 16.5. The zero-order valence-corrected chi connectivity index (χ0v) is 16.1. The summed E-state index contributed by atoms with van der Waals surface area (Å²) in [4.78, 5) is 49.1. The third-order valence-electron chi connectivity index (χ3n) is 4.24. The molecule has 9 nitrogen and oxygen atoms in total. The van der Waals surface area contributed by atoms with E-state index >= 15 is 0 Å². The largest absolute Gasteiger partial charge is 0.493 e. The van der Waals surface area contributed by atoms with Crippen molar-refractivity contribution in [3.63, 3.8) is 0 Å². The number of nitrogens with zero attached hydrogens (tertiary/aromatic N) is 1.